The quantitative estimate of drug-likeness (QED) is 0.122. The Hall–Kier alpha value is -4.59. The molecule has 50 heavy (non-hydrogen) atoms. The summed E-state index contributed by atoms with van der Waals surface area (Å²) in [6.45, 7) is 5.11. The smallest absolute Gasteiger partial charge is 0.337 e. The molecule has 0 saturated carbocycles. The highest BCUT2D eigenvalue weighted by Gasteiger charge is 2.39. The average molecular weight is 707 g/mol. The Morgan fingerprint density at radius 3 is 2.34 bits per heavy atom. The predicted octanol–water partition coefficient (Wildman–Crippen LogP) is 5.27. The van der Waals surface area contributed by atoms with Crippen LogP contribution in [0.5, 0.6) is 0 Å². The fourth-order valence-electron chi connectivity index (χ4n) is 5.99. The Labute approximate surface area is 294 Å². The maximum absolute atomic E-state index is 13.7. The van der Waals surface area contributed by atoms with E-state index < -0.39 is 30.0 Å². The molecule has 264 valence electrons. The lowest BCUT2D eigenvalue weighted by Crippen LogP contribution is -2.38. The van der Waals surface area contributed by atoms with E-state index in [1.807, 2.05) is 19.1 Å². The van der Waals surface area contributed by atoms with Crippen molar-refractivity contribution in [2.24, 2.45) is 5.92 Å². The maximum Gasteiger partial charge on any atom is 0.337 e. The first-order chi connectivity index (χ1) is 24.2. The first-order valence-corrected chi connectivity index (χ1v) is 16.6. The van der Waals surface area contributed by atoms with Crippen molar-refractivity contribution in [3.05, 3.63) is 105 Å². The summed E-state index contributed by atoms with van der Waals surface area (Å²) < 4.78 is 28.1. The monoisotopic (exact) mass is 706 g/mol. The van der Waals surface area contributed by atoms with Gasteiger partial charge in [0, 0.05) is 35.8 Å². The van der Waals surface area contributed by atoms with Crippen LogP contribution in [0.15, 0.2) is 72.5 Å². The third-order valence-corrected chi connectivity index (χ3v) is 8.64. The van der Waals surface area contributed by atoms with Crippen LogP contribution in [0.25, 0.3) is 0 Å². The van der Waals surface area contributed by atoms with Crippen molar-refractivity contribution in [2.45, 2.75) is 32.5 Å². The standard InChI is InChI=1S/C37H39ClN2O10/c1-4-49-37-28(13-15-47-17-18-48-16-14-41)29(23-5-7-24(8-6-23)36(45)46-3)21-32(50-37)33(42)39-26-10-12-31(22(2)19-26)40-34(43)27-11-9-25(38)20-30(27)35(40)44/h5-12,19-21,28-29,37,41H,4,13-18H2,1-3H3,(H,39,42). The van der Waals surface area contributed by atoms with Crippen molar-refractivity contribution in [1.29, 1.82) is 0 Å². The van der Waals surface area contributed by atoms with Gasteiger partial charge in [-0.25, -0.2) is 9.69 Å². The van der Waals surface area contributed by atoms with Crippen molar-refractivity contribution >= 4 is 46.7 Å². The number of carbonyl (C=O) groups excluding carboxylic acids is 4. The van der Waals surface area contributed by atoms with Crippen molar-refractivity contribution in [3.63, 3.8) is 0 Å². The summed E-state index contributed by atoms with van der Waals surface area (Å²) in [5.41, 5.74) is 3.11. The summed E-state index contributed by atoms with van der Waals surface area (Å²) in [6, 6.07) is 16.4. The molecule has 0 aliphatic carbocycles. The fourth-order valence-corrected chi connectivity index (χ4v) is 6.16. The van der Waals surface area contributed by atoms with Gasteiger partial charge in [-0.2, -0.15) is 0 Å². The molecule has 3 aromatic rings. The minimum absolute atomic E-state index is 0.0408. The fraction of sp³-hybridized carbons (Fsp3) is 0.351. The Bertz CT molecular complexity index is 1760. The molecule has 0 spiro atoms. The van der Waals surface area contributed by atoms with Crippen molar-refractivity contribution < 1.29 is 48.0 Å². The number of aryl methyl sites for hydroxylation is 1. The van der Waals surface area contributed by atoms with Crippen LogP contribution in [0.3, 0.4) is 0 Å². The highest BCUT2D eigenvalue weighted by Crippen LogP contribution is 2.39. The number of halogens is 1. The number of allylic oxidation sites excluding steroid dienone is 1. The number of methoxy groups -OCH3 is 1. The van der Waals surface area contributed by atoms with E-state index in [1.165, 1.54) is 19.2 Å². The Morgan fingerprint density at radius 2 is 1.66 bits per heavy atom. The minimum Gasteiger partial charge on any atom is -0.465 e. The van der Waals surface area contributed by atoms with E-state index in [2.05, 4.69) is 5.32 Å². The van der Waals surface area contributed by atoms with Gasteiger partial charge in [-0.3, -0.25) is 14.4 Å². The van der Waals surface area contributed by atoms with Gasteiger partial charge in [0.1, 0.15) is 0 Å². The molecule has 2 heterocycles. The topological polar surface area (TPSA) is 150 Å². The number of rotatable bonds is 15. The maximum atomic E-state index is 13.7. The molecule has 3 atom stereocenters. The van der Waals surface area contributed by atoms with E-state index >= 15 is 0 Å². The molecule has 12 nitrogen and oxygen atoms in total. The number of fused-ring (bicyclic) bond motifs is 1. The van der Waals surface area contributed by atoms with Gasteiger partial charge in [-0.15, -0.1) is 0 Å². The number of imide groups is 1. The Balaban J connectivity index is 1.36. The Morgan fingerprint density at radius 1 is 0.940 bits per heavy atom. The normalized spacial score (nSPS) is 18.4. The molecule has 3 amide bonds. The van der Waals surface area contributed by atoms with Crippen LogP contribution in [-0.2, 0) is 28.5 Å². The third kappa shape index (κ3) is 8.23. The van der Waals surface area contributed by atoms with E-state index in [9.17, 15) is 19.2 Å². The molecule has 0 fully saturated rings. The zero-order chi connectivity index (χ0) is 35.8. The number of nitrogens with zero attached hydrogens (tertiary/aromatic N) is 1. The molecule has 3 unspecified atom stereocenters. The lowest BCUT2D eigenvalue weighted by Gasteiger charge is -2.37. The van der Waals surface area contributed by atoms with Crippen LogP contribution in [0.2, 0.25) is 5.02 Å². The number of hydrogen-bond donors (Lipinski definition) is 2. The zero-order valence-corrected chi connectivity index (χ0v) is 28.7. The molecular formula is C37H39ClN2O10. The van der Waals surface area contributed by atoms with Gasteiger partial charge in [-0.1, -0.05) is 23.7 Å². The summed E-state index contributed by atoms with van der Waals surface area (Å²) in [5.74, 6) is -2.49. The number of amides is 3. The van der Waals surface area contributed by atoms with Crippen LogP contribution in [-0.4, -0.2) is 81.8 Å². The van der Waals surface area contributed by atoms with E-state index in [0.717, 1.165) is 10.5 Å². The second-order valence-electron chi connectivity index (χ2n) is 11.6. The van der Waals surface area contributed by atoms with Gasteiger partial charge in [0.2, 0.25) is 6.29 Å². The largest absolute Gasteiger partial charge is 0.465 e. The summed E-state index contributed by atoms with van der Waals surface area (Å²) in [6.07, 6.45) is 1.46. The first kappa shape index (κ1) is 36.7. The molecule has 0 radical (unpaired) electrons. The molecule has 3 aromatic carbocycles. The highest BCUT2D eigenvalue weighted by molar-refractivity contribution is 6.37. The molecule has 0 bridgehead atoms. The SMILES string of the molecule is CCOC1OC(C(=O)Nc2ccc(N3C(=O)c4ccc(Cl)cc4C3=O)c(C)c2)=CC(c2ccc(C(=O)OC)cc2)C1CCOCCOCCO. The number of ether oxygens (including phenoxy) is 5. The van der Waals surface area contributed by atoms with Crippen molar-refractivity contribution in [1.82, 2.24) is 0 Å². The van der Waals surface area contributed by atoms with Gasteiger partial charge in [-0.05, 0) is 86.0 Å². The molecule has 0 saturated heterocycles. The number of nitrogens with one attached hydrogen (secondary N) is 1. The molecule has 2 N–H and O–H groups in total. The van der Waals surface area contributed by atoms with E-state index in [-0.39, 0.29) is 41.9 Å². The number of hydrogen-bond acceptors (Lipinski definition) is 10. The van der Waals surface area contributed by atoms with Gasteiger partial charge in [0.15, 0.2) is 5.76 Å². The lowest BCUT2D eigenvalue weighted by molar-refractivity contribution is -0.166. The summed E-state index contributed by atoms with van der Waals surface area (Å²) in [5, 5.41) is 12.1. The lowest BCUT2D eigenvalue weighted by atomic mass is 9.81. The molecule has 5 rings (SSSR count). The predicted molar refractivity (Wildman–Crippen MR) is 184 cm³/mol. The van der Waals surface area contributed by atoms with Gasteiger partial charge < -0.3 is 34.1 Å². The number of aliphatic hydroxyl groups is 1. The van der Waals surface area contributed by atoms with Crippen LogP contribution < -0.4 is 10.2 Å². The molecule has 2 aliphatic heterocycles. The van der Waals surface area contributed by atoms with E-state index in [0.29, 0.717) is 60.4 Å². The van der Waals surface area contributed by atoms with Gasteiger partial charge in [0.25, 0.3) is 17.7 Å². The van der Waals surface area contributed by atoms with Crippen LogP contribution in [0.4, 0.5) is 11.4 Å². The summed E-state index contributed by atoms with van der Waals surface area (Å²) in [7, 11) is 1.32. The molecular weight excluding hydrogens is 668 g/mol. The van der Waals surface area contributed by atoms with Crippen LogP contribution >= 0.6 is 11.6 Å². The minimum atomic E-state index is -0.795. The number of aliphatic hydroxyl groups excluding tert-OH is 1. The van der Waals surface area contributed by atoms with Gasteiger partial charge >= 0.3 is 5.97 Å². The number of anilines is 2. The Kier molecular flexibility index (Phi) is 12.4. The van der Waals surface area contributed by atoms with E-state index in [1.54, 1.807) is 49.4 Å². The highest BCUT2D eigenvalue weighted by atomic mass is 35.5. The molecule has 2 aliphatic rings. The van der Waals surface area contributed by atoms with Crippen LogP contribution in [0.1, 0.15) is 61.5 Å². The third-order valence-electron chi connectivity index (χ3n) is 8.40. The summed E-state index contributed by atoms with van der Waals surface area (Å²) >= 11 is 6.07. The number of carbonyl (C=O) groups is 4. The van der Waals surface area contributed by atoms with E-state index in [4.69, 9.17) is 40.4 Å². The number of esters is 1. The van der Waals surface area contributed by atoms with Crippen LogP contribution in [0, 0.1) is 12.8 Å². The second kappa shape index (κ2) is 16.9. The first-order valence-electron chi connectivity index (χ1n) is 16.2. The van der Waals surface area contributed by atoms with Crippen molar-refractivity contribution in [2.75, 3.05) is 57.0 Å². The molecule has 13 heteroatoms. The zero-order valence-electron chi connectivity index (χ0n) is 28.0. The molecule has 0 aromatic heterocycles. The second-order valence-corrected chi connectivity index (χ2v) is 12.0. The number of benzene rings is 3. The van der Waals surface area contributed by atoms with Gasteiger partial charge in [0.05, 0.1) is 55.9 Å². The average Bonchev–Trinajstić information content (AvgIpc) is 3.35. The van der Waals surface area contributed by atoms with Crippen molar-refractivity contribution in [3.8, 4) is 0 Å². The summed E-state index contributed by atoms with van der Waals surface area (Å²) in [4.78, 5) is 53.1.